The SMILES string of the molecule is N#CC(=C(O)C=Cc1ccccc1)c1nc2ccccc2c(=O)[nH]1. The summed E-state index contributed by atoms with van der Waals surface area (Å²) >= 11 is 0. The van der Waals surface area contributed by atoms with Gasteiger partial charge >= 0.3 is 0 Å². The quantitative estimate of drug-likeness (QED) is 0.440. The normalized spacial score (nSPS) is 12.1. The van der Waals surface area contributed by atoms with Crippen molar-refractivity contribution < 1.29 is 5.11 Å². The summed E-state index contributed by atoms with van der Waals surface area (Å²) in [5.74, 6) is -0.226. The molecule has 3 rings (SSSR count). The Morgan fingerprint density at radius 2 is 1.83 bits per heavy atom. The van der Waals surface area contributed by atoms with E-state index in [2.05, 4.69) is 9.97 Å². The Balaban J connectivity index is 2.06. The Labute approximate surface area is 137 Å². The highest BCUT2D eigenvalue weighted by molar-refractivity contribution is 5.82. The van der Waals surface area contributed by atoms with Crippen LogP contribution >= 0.6 is 0 Å². The van der Waals surface area contributed by atoms with E-state index in [1.807, 2.05) is 36.4 Å². The number of nitriles is 1. The van der Waals surface area contributed by atoms with Crippen LogP contribution in [0.4, 0.5) is 0 Å². The zero-order valence-electron chi connectivity index (χ0n) is 12.6. The van der Waals surface area contributed by atoms with Gasteiger partial charge in [0, 0.05) is 0 Å². The molecule has 0 aliphatic heterocycles. The number of aromatic amines is 1. The van der Waals surface area contributed by atoms with E-state index in [9.17, 15) is 15.2 Å². The number of aromatic nitrogens is 2. The molecule has 1 heterocycles. The van der Waals surface area contributed by atoms with Crippen molar-refractivity contribution in [1.29, 1.82) is 5.26 Å². The van der Waals surface area contributed by atoms with Crippen molar-refractivity contribution in [3.05, 3.63) is 88.2 Å². The maximum Gasteiger partial charge on any atom is 0.259 e. The molecule has 0 spiro atoms. The Hall–Kier alpha value is -3.65. The highest BCUT2D eigenvalue weighted by atomic mass is 16.3. The largest absolute Gasteiger partial charge is 0.506 e. The molecule has 0 saturated carbocycles. The average Bonchev–Trinajstić information content (AvgIpc) is 2.61. The summed E-state index contributed by atoms with van der Waals surface area (Å²) in [5.41, 5.74) is 0.887. The molecule has 0 radical (unpaired) electrons. The summed E-state index contributed by atoms with van der Waals surface area (Å²) in [6, 6.07) is 18.1. The number of benzene rings is 2. The second-order valence-corrected chi connectivity index (χ2v) is 5.05. The van der Waals surface area contributed by atoms with Crippen molar-refractivity contribution in [2.75, 3.05) is 0 Å². The lowest BCUT2D eigenvalue weighted by Crippen LogP contribution is -2.11. The Kier molecular flexibility index (Phi) is 4.21. The van der Waals surface area contributed by atoms with E-state index < -0.39 is 0 Å². The molecule has 0 fully saturated rings. The summed E-state index contributed by atoms with van der Waals surface area (Å²) in [6.45, 7) is 0. The minimum absolute atomic E-state index is 0.0383. The first kappa shape index (κ1) is 15.3. The molecule has 116 valence electrons. The number of para-hydroxylation sites is 1. The van der Waals surface area contributed by atoms with Crippen LogP contribution in [0.5, 0.6) is 0 Å². The van der Waals surface area contributed by atoms with E-state index in [0.717, 1.165) is 5.56 Å². The van der Waals surface area contributed by atoms with Crippen LogP contribution < -0.4 is 5.56 Å². The van der Waals surface area contributed by atoms with Crippen molar-refractivity contribution in [3.63, 3.8) is 0 Å². The molecule has 3 aromatic rings. The number of nitrogens with zero attached hydrogens (tertiary/aromatic N) is 2. The molecule has 0 aliphatic rings. The van der Waals surface area contributed by atoms with E-state index in [-0.39, 0.29) is 22.7 Å². The van der Waals surface area contributed by atoms with Crippen LogP contribution in [0.3, 0.4) is 0 Å². The smallest absolute Gasteiger partial charge is 0.259 e. The zero-order valence-corrected chi connectivity index (χ0v) is 12.6. The minimum atomic E-state index is -0.358. The Morgan fingerprint density at radius 3 is 2.58 bits per heavy atom. The third kappa shape index (κ3) is 3.08. The van der Waals surface area contributed by atoms with Crippen LogP contribution in [0.15, 0.2) is 71.2 Å². The molecule has 1 aromatic heterocycles. The monoisotopic (exact) mass is 315 g/mol. The topological polar surface area (TPSA) is 89.8 Å². The second-order valence-electron chi connectivity index (χ2n) is 5.05. The number of aliphatic hydroxyl groups excluding tert-OH is 1. The fraction of sp³-hybridized carbons (Fsp3) is 0. The molecule has 0 atom stereocenters. The van der Waals surface area contributed by atoms with Crippen LogP contribution in [0.25, 0.3) is 22.6 Å². The second kappa shape index (κ2) is 6.63. The number of hydrogen-bond acceptors (Lipinski definition) is 4. The lowest BCUT2D eigenvalue weighted by Gasteiger charge is -2.03. The lowest BCUT2D eigenvalue weighted by atomic mass is 10.1. The van der Waals surface area contributed by atoms with Crippen LogP contribution in [0.1, 0.15) is 11.4 Å². The Bertz CT molecular complexity index is 1040. The lowest BCUT2D eigenvalue weighted by molar-refractivity contribution is 0.436. The van der Waals surface area contributed by atoms with Crippen molar-refractivity contribution in [2.24, 2.45) is 0 Å². The van der Waals surface area contributed by atoms with Crippen LogP contribution in [0.2, 0.25) is 0 Å². The number of rotatable bonds is 3. The molecule has 5 heteroatoms. The summed E-state index contributed by atoms with van der Waals surface area (Å²) in [4.78, 5) is 18.9. The molecule has 24 heavy (non-hydrogen) atoms. The predicted octanol–water partition coefficient (Wildman–Crippen LogP) is 3.43. The van der Waals surface area contributed by atoms with Gasteiger partial charge < -0.3 is 10.1 Å². The molecule has 5 nitrogen and oxygen atoms in total. The highest BCUT2D eigenvalue weighted by Gasteiger charge is 2.11. The van der Waals surface area contributed by atoms with Crippen molar-refractivity contribution in [2.45, 2.75) is 0 Å². The van der Waals surface area contributed by atoms with Crippen molar-refractivity contribution >= 4 is 22.6 Å². The molecule has 0 unspecified atom stereocenters. The minimum Gasteiger partial charge on any atom is -0.506 e. The first-order chi connectivity index (χ1) is 11.7. The van der Waals surface area contributed by atoms with Crippen molar-refractivity contribution in [1.82, 2.24) is 9.97 Å². The summed E-state index contributed by atoms with van der Waals surface area (Å²) in [6.07, 6.45) is 3.08. The molecule has 0 bridgehead atoms. The molecule has 2 aromatic carbocycles. The number of hydrogen-bond donors (Lipinski definition) is 2. The number of nitrogens with one attached hydrogen (secondary N) is 1. The molecular formula is C19H13N3O2. The maximum atomic E-state index is 12.1. The first-order valence-corrected chi connectivity index (χ1v) is 7.25. The average molecular weight is 315 g/mol. The van der Waals surface area contributed by atoms with Gasteiger partial charge in [-0.1, -0.05) is 48.5 Å². The molecule has 0 amide bonds. The number of allylic oxidation sites excluding steroid dienone is 2. The maximum absolute atomic E-state index is 12.1. The molecule has 2 N–H and O–H groups in total. The van der Waals surface area contributed by atoms with Crippen LogP contribution in [0, 0.1) is 11.3 Å². The molecule has 0 aliphatic carbocycles. The third-order valence-electron chi connectivity index (χ3n) is 3.45. The van der Waals surface area contributed by atoms with E-state index in [1.54, 1.807) is 30.3 Å². The predicted molar refractivity (Wildman–Crippen MR) is 93.0 cm³/mol. The van der Waals surface area contributed by atoms with E-state index >= 15 is 0 Å². The van der Waals surface area contributed by atoms with E-state index in [1.165, 1.54) is 6.08 Å². The van der Waals surface area contributed by atoms with Crippen LogP contribution in [-0.2, 0) is 0 Å². The highest BCUT2D eigenvalue weighted by Crippen LogP contribution is 2.16. The van der Waals surface area contributed by atoms with Gasteiger partial charge in [-0.25, -0.2) is 4.98 Å². The van der Waals surface area contributed by atoms with Gasteiger partial charge in [-0.3, -0.25) is 4.79 Å². The third-order valence-corrected chi connectivity index (χ3v) is 3.45. The molecule has 0 saturated heterocycles. The van der Waals surface area contributed by atoms with Gasteiger partial charge in [0.15, 0.2) is 5.82 Å². The van der Waals surface area contributed by atoms with Gasteiger partial charge in [0.2, 0.25) is 0 Å². The fourth-order valence-corrected chi connectivity index (χ4v) is 2.26. The van der Waals surface area contributed by atoms with Crippen molar-refractivity contribution in [3.8, 4) is 6.07 Å². The van der Waals surface area contributed by atoms with Gasteiger partial charge in [0.05, 0.1) is 10.9 Å². The van der Waals surface area contributed by atoms with Crippen LogP contribution in [-0.4, -0.2) is 15.1 Å². The fourth-order valence-electron chi connectivity index (χ4n) is 2.26. The summed E-state index contributed by atoms with van der Waals surface area (Å²) < 4.78 is 0. The van der Waals surface area contributed by atoms with Gasteiger partial charge in [-0.15, -0.1) is 0 Å². The standard InChI is InChI=1S/C19H13N3O2/c20-12-15(17(23)11-10-13-6-2-1-3-7-13)18-21-16-9-5-4-8-14(16)19(24)22-18/h1-11,23H,(H,21,22,24). The number of fused-ring (bicyclic) bond motifs is 1. The summed E-state index contributed by atoms with van der Waals surface area (Å²) in [7, 11) is 0. The zero-order chi connectivity index (χ0) is 16.9. The summed E-state index contributed by atoms with van der Waals surface area (Å²) in [5, 5.41) is 20.0. The number of H-pyrrole nitrogens is 1. The van der Waals surface area contributed by atoms with E-state index in [4.69, 9.17) is 0 Å². The van der Waals surface area contributed by atoms with Gasteiger partial charge in [-0.2, -0.15) is 5.26 Å². The van der Waals surface area contributed by atoms with Gasteiger partial charge in [-0.05, 0) is 23.8 Å². The number of aliphatic hydroxyl groups is 1. The van der Waals surface area contributed by atoms with Gasteiger partial charge in [0.1, 0.15) is 17.4 Å². The first-order valence-electron chi connectivity index (χ1n) is 7.25. The Morgan fingerprint density at radius 1 is 1.12 bits per heavy atom. The van der Waals surface area contributed by atoms with Gasteiger partial charge in [0.25, 0.3) is 5.56 Å². The van der Waals surface area contributed by atoms with E-state index in [0.29, 0.717) is 10.9 Å². The molecular weight excluding hydrogens is 302 g/mol.